The number of sulfonamides is 1. The first-order valence-corrected chi connectivity index (χ1v) is 8.78. The number of carbonyl (C=O) groups is 2. The molecule has 0 fully saturated rings. The molecule has 7 nitrogen and oxygen atoms in total. The van der Waals surface area contributed by atoms with Crippen LogP contribution >= 0.6 is 0 Å². The van der Waals surface area contributed by atoms with Crippen molar-refractivity contribution in [3.8, 4) is 0 Å². The van der Waals surface area contributed by atoms with E-state index < -0.39 is 34.2 Å². The number of esters is 1. The number of ketones is 1. The Labute approximate surface area is 150 Å². The monoisotopic (exact) mass is 381 g/mol. The molecule has 0 heterocycles. The van der Waals surface area contributed by atoms with Crippen molar-refractivity contribution in [1.82, 2.24) is 4.47 Å². The average Bonchev–Trinajstić information content (AvgIpc) is 2.65. The number of halogens is 1. The molecule has 0 saturated carbocycles. The lowest BCUT2D eigenvalue weighted by molar-refractivity contribution is -0.0258. The number of hydrogen-bond donors (Lipinski definition) is 0. The van der Waals surface area contributed by atoms with Crippen molar-refractivity contribution in [2.45, 2.75) is 4.90 Å². The Morgan fingerprint density at radius 1 is 1.08 bits per heavy atom. The van der Waals surface area contributed by atoms with Crippen LogP contribution in [0.5, 0.6) is 0 Å². The van der Waals surface area contributed by atoms with Crippen LogP contribution in [0.2, 0.25) is 0 Å². The quantitative estimate of drug-likeness (QED) is 0.414. The summed E-state index contributed by atoms with van der Waals surface area (Å²) >= 11 is 0. The fourth-order valence-corrected chi connectivity index (χ4v) is 2.98. The second-order valence-electron chi connectivity index (χ2n) is 5.13. The zero-order valence-corrected chi connectivity index (χ0v) is 14.8. The lowest BCUT2D eigenvalue weighted by Crippen LogP contribution is -2.26. The normalized spacial score (nSPS) is 11.4. The number of benzene rings is 2. The van der Waals surface area contributed by atoms with Crippen LogP contribution in [0.15, 0.2) is 53.4 Å². The van der Waals surface area contributed by atoms with E-state index in [0.717, 1.165) is 18.2 Å². The first kappa shape index (κ1) is 19.7. The standard InChI is InChI=1S/C17H16FNO6S/c1-19(24-2)26(22,23)15-5-3-4-13(10-15)17(21)25-11-16(20)12-6-8-14(18)9-7-12/h3-10H,11H2,1-2H3. The van der Waals surface area contributed by atoms with Gasteiger partial charge in [-0.05, 0) is 42.5 Å². The van der Waals surface area contributed by atoms with Gasteiger partial charge in [0.1, 0.15) is 5.82 Å². The maximum absolute atomic E-state index is 12.8. The van der Waals surface area contributed by atoms with E-state index in [1.165, 1.54) is 44.5 Å². The van der Waals surface area contributed by atoms with E-state index in [1.54, 1.807) is 0 Å². The van der Waals surface area contributed by atoms with Crippen molar-refractivity contribution >= 4 is 21.8 Å². The Balaban J connectivity index is 2.09. The van der Waals surface area contributed by atoms with E-state index >= 15 is 0 Å². The molecule has 0 unspecified atom stereocenters. The highest BCUT2D eigenvalue weighted by atomic mass is 32.2. The molecule has 2 aromatic carbocycles. The van der Waals surface area contributed by atoms with Crippen molar-refractivity contribution in [2.24, 2.45) is 0 Å². The van der Waals surface area contributed by atoms with Crippen molar-refractivity contribution in [1.29, 1.82) is 0 Å². The predicted molar refractivity (Wildman–Crippen MR) is 89.4 cm³/mol. The summed E-state index contributed by atoms with van der Waals surface area (Å²) in [7, 11) is -1.52. The van der Waals surface area contributed by atoms with Crippen LogP contribution in [0.3, 0.4) is 0 Å². The zero-order valence-electron chi connectivity index (χ0n) is 14.0. The van der Waals surface area contributed by atoms with E-state index in [-0.39, 0.29) is 16.0 Å². The maximum atomic E-state index is 12.8. The van der Waals surface area contributed by atoms with Gasteiger partial charge in [-0.1, -0.05) is 10.5 Å². The van der Waals surface area contributed by atoms with E-state index in [0.29, 0.717) is 4.47 Å². The van der Waals surface area contributed by atoms with Crippen LogP contribution in [0, 0.1) is 5.82 Å². The molecule has 0 saturated heterocycles. The average molecular weight is 381 g/mol. The zero-order chi connectivity index (χ0) is 19.3. The van der Waals surface area contributed by atoms with Crippen molar-refractivity contribution in [3.05, 3.63) is 65.5 Å². The van der Waals surface area contributed by atoms with Gasteiger partial charge >= 0.3 is 5.97 Å². The molecule has 0 aliphatic heterocycles. The van der Waals surface area contributed by atoms with Gasteiger partial charge in [-0.25, -0.2) is 17.6 Å². The summed E-state index contributed by atoms with van der Waals surface area (Å²) in [5, 5.41) is 0. The summed E-state index contributed by atoms with van der Waals surface area (Å²) in [4.78, 5) is 28.5. The van der Waals surface area contributed by atoms with Gasteiger partial charge in [0.25, 0.3) is 10.0 Å². The van der Waals surface area contributed by atoms with E-state index in [4.69, 9.17) is 4.74 Å². The van der Waals surface area contributed by atoms with Crippen molar-refractivity contribution in [3.63, 3.8) is 0 Å². The number of hydroxylamine groups is 1. The third-order valence-electron chi connectivity index (χ3n) is 3.46. The molecule has 0 amide bonds. The highest BCUT2D eigenvalue weighted by Gasteiger charge is 2.22. The van der Waals surface area contributed by atoms with Crippen LogP contribution in [-0.4, -0.2) is 45.4 Å². The number of ether oxygens (including phenoxy) is 1. The Morgan fingerprint density at radius 3 is 2.35 bits per heavy atom. The molecule has 0 aliphatic carbocycles. The van der Waals surface area contributed by atoms with E-state index in [2.05, 4.69) is 4.84 Å². The summed E-state index contributed by atoms with van der Waals surface area (Å²) in [5.41, 5.74) is 0.153. The molecule has 0 N–H and O–H groups in total. The Hall–Kier alpha value is -2.62. The lowest BCUT2D eigenvalue weighted by atomic mass is 10.1. The summed E-state index contributed by atoms with van der Waals surface area (Å²) in [6.07, 6.45) is 0. The van der Waals surface area contributed by atoms with Gasteiger partial charge in [-0.15, -0.1) is 0 Å². The first-order chi connectivity index (χ1) is 12.3. The largest absolute Gasteiger partial charge is 0.454 e. The van der Waals surface area contributed by atoms with E-state index in [1.807, 2.05) is 0 Å². The van der Waals surface area contributed by atoms with E-state index in [9.17, 15) is 22.4 Å². The number of Topliss-reactive ketones (excluding diaryl/α,β-unsaturated/α-hetero) is 1. The molecule has 0 bridgehead atoms. The third-order valence-corrected chi connectivity index (χ3v) is 5.14. The SMILES string of the molecule is CON(C)S(=O)(=O)c1cccc(C(=O)OCC(=O)c2ccc(F)cc2)c1. The van der Waals surface area contributed by atoms with Crippen molar-refractivity contribution < 1.29 is 32.0 Å². The van der Waals surface area contributed by atoms with Crippen LogP contribution in [0.1, 0.15) is 20.7 Å². The Morgan fingerprint density at radius 2 is 1.73 bits per heavy atom. The lowest BCUT2D eigenvalue weighted by Gasteiger charge is -2.14. The smallest absolute Gasteiger partial charge is 0.338 e. The summed E-state index contributed by atoms with van der Waals surface area (Å²) < 4.78 is 42.8. The van der Waals surface area contributed by atoms with Crippen LogP contribution in [-0.2, 0) is 19.6 Å². The van der Waals surface area contributed by atoms with Gasteiger partial charge in [0.2, 0.25) is 0 Å². The van der Waals surface area contributed by atoms with Crippen LogP contribution < -0.4 is 0 Å². The first-order valence-electron chi connectivity index (χ1n) is 7.34. The highest BCUT2D eigenvalue weighted by Crippen LogP contribution is 2.16. The molecule has 26 heavy (non-hydrogen) atoms. The van der Waals surface area contributed by atoms with Gasteiger partial charge in [0.15, 0.2) is 12.4 Å². The fourth-order valence-electron chi connectivity index (χ4n) is 1.96. The van der Waals surface area contributed by atoms with Gasteiger partial charge in [0, 0.05) is 12.6 Å². The van der Waals surface area contributed by atoms with Gasteiger partial charge in [0.05, 0.1) is 17.6 Å². The number of nitrogens with zero attached hydrogens (tertiary/aromatic N) is 1. The number of hydrogen-bond acceptors (Lipinski definition) is 6. The van der Waals surface area contributed by atoms with Gasteiger partial charge in [-0.2, -0.15) is 0 Å². The third kappa shape index (κ3) is 4.51. The minimum atomic E-state index is -3.92. The molecular formula is C17H16FNO6S. The second kappa shape index (κ2) is 8.17. The molecular weight excluding hydrogens is 365 g/mol. The Kier molecular flexibility index (Phi) is 6.19. The fraction of sp³-hybridized carbons (Fsp3) is 0.176. The van der Waals surface area contributed by atoms with Crippen LogP contribution in [0.4, 0.5) is 4.39 Å². The number of rotatable bonds is 7. The minimum absolute atomic E-state index is 0.0394. The predicted octanol–water partition coefficient (Wildman–Crippen LogP) is 2.05. The summed E-state index contributed by atoms with van der Waals surface area (Å²) in [6.45, 7) is -0.556. The molecule has 0 aliphatic rings. The van der Waals surface area contributed by atoms with Gasteiger partial charge < -0.3 is 4.74 Å². The molecule has 0 aromatic heterocycles. The summed E-state index contributed by atoms with van der Waals surface area (Å²) in [6, 6.07) is 9.94. The number of carbonyl (C=O) groups excluding carboxylic acids is 2. The topological polar surface area (TPSA) is 90.0 Å². The maximum Gasteiger partial charge on any atom is 0.338 e. The van der Waals surface area contributed by atoms with Crippen LogP contribution in [0.25, 0.3) is 0 Å². The molecule has 138 valence electrons. The minimum Gasteiger partial charge on any atom is -0.454 e. The second-order valence-corrected chi connectivity index (χ2v) is 7.07. The molecule has 9 heteroatoms. The highest BCUT2D eigenvalue weighted by molar-refractivity contribution is 7.89. The van der Waals surface area contributed by atoms with Gasteiger partial charge in [-0.3, -0.25) is 9.63 Å². The molecule has 0 atom stereocenters. The molecule has 2 rings (SSSR count). The molecule has 0 spiro atoms. The summed E-state index contributed by atoms with van der Waals surface area (Å²) in [5.74, 6) is -1.86. The molecule has 0 radical (unpaired) electrons. The van der Waals surface area contributed by atoms with Crippen molar-refractivity contribution in [2.75, 3.05) is 20.8 Å². The molecule has 2 aromatic rings. The Bertz CT molecular complexity index is 911.